The van der Waals surface area contributed by atoms with Gasteiger partial charge in [-0.3, -0.25) is 9.59 Å². The van der Waals surface area contributed by atoms with Crippen molar-refractivity contribution in [3.63, 3.8) is 0 Å². The Bertz CT molecular complexity index is 797. The summed E-state index contributed by atoms with van der Waals surface area (Å²) in [6.45, 7) is 2.41. The van der Waals surface area contributed by atoms with Crippen LogP contribution in [-0.2, 0) is 9.59 Å². The number of rotatable bonds is 4. The molecule has 1 N–H and O–H groups in total. The van der Waals surface area contributed by atoms with Gasteiger partial charge in [-0.15, -0.1) is 0 Å². The fourth-order valence-corrected chi connectivity index (χ4v) is 3.44. The maximum atomic E-state index is 12.5. The molecule has 4 nitrogen and oxygen atoms in total. The zero-order valence-corrected chi connectivity index (χ0v) is 16.0. The first-order valence-corrected chi connectivity index (χ1v) is 9.23. The zero-order chi connectivity index (χ0) is 18.0. The van der Waals surface area contributed by atoms with Crippen LogP contribution in [0.4, 0.5) is 5.69 Å². The first-order valence-electron chi connectivity index (χ1n) is 8.06. The Kier molecular flexibility index (Phi) is 5.45. The summed E-state index contributed by atoms with van der Waals surface area (Å²) in [7, 11) is 0. The smallest absolute Gasteiger partial charge is 0.229 e. The minimum atomic E-state index is -0.360. The number of nitrogens with one attached hydrogen (secondary N) is 1. The van der Waals surface area contributed by atoms with Gasteiger partial charge in [0.05, 0.1) is 17.0 Å². The molecule has 2 aromatic rings. The van der Waals surface area contributed by atoms with Crippen LogP contribution in [0.25, 0.3) is 0 Å². The molecule has 2 aromatic carbocycles. The Hall–Kier alpha value is -1.85. The van der Waals surface area contributed by atoms with Crippen molar-refractivity contribution in [3.8, 4) is 0 Å². The lowest BCUT2D eigenvalue weighted by atomic mass is 10.1. The summed E-state index contributed by atoms with van der Waals surface area (Å²) in [5.41, 5.74) is 1.69. The standard InChI is InChI=1S/C19H18BrClN2O2/c1-12(13-5-3-2-4-6-13)23-11-14(9-18(23)24)19(25)22-15-7-8-16(20)17(21)10-15/h2-8,10,12,14H,9,11H2,1H3,(H,22,25)/t12-,14-/m1/s1. The van der Waals surface area contributed by atoms with Gasteiger partial charge in [0, 0.05) is 23.1 Å². The molecule has 0 aromatic heterocycles. The zero-order valence-electron chi connectivity index (χ0n) is 13.7. The van der Waals surface area contributed by atoms with Crippen LogP contribution < -0.4 is 5.32 Å². The fourth-order valence-electron chi connectivity index (χ4n) is 3.01. The molecule has 1 heterocycles. The average molecular weight is 422 g/mol. The molecule has 3 rings (SSSR count). The second-order valence-electron chi connectivity index (χ2n) is 6.15. The monoisotopic (exact) mass is 420 g/mol. The lowest BCUT2D eigenvalue weighted by molar-refractivity contribution is -0.129. The number of carbonyl (C=O) groups is 2. The average Bonchev–Trinajstić information content (AvgIpc) is 3.00. The molecule has 0 bridgehead atoms. The predicted octanol–water partition coefficient (Wildman–Crippen LogP) is 4.65. The molecule has 2 amide bonds. The molecule has 1 saturated heterocycles. The summed E-state index contributed by atoms with van der Waals surface area (Å²) in [5.74, 6) is -0.513. The minimum Gasteiger partial charge on any atom is -0.335 e. The van der Waals surface area contributed by atoms with Crippen LogP contribution in [-0.4, -0.2) is 23.3 Å². The lowest BCUT2D eigenvalue weighted by Gasteiger charge is -2.25. The van der Waals surface area contributed by atoms with E-state index in [9.17, 15) is 9.59 Å². The largest absolute Gasteiger partial charge is 0.335 e. The van der Waals surface area contributed by atoms with Crippen molar-refractivity contribution in [1.82, 2.24) is 4.90 Å². The highest BCUT2D eigenvalue weighted by molar-refractivity contribution is 9.10. The third-order valence-electron chi connectivity index (χ3n) is 4.47. The highest BCUT2D eigenvalue weighted by Gasteiger charge is 2.37. The van der Waals surface area contributed by atoms with Crippen LogP contribution in [0.3, 0.4) is 0 Å². The SMILES string of the molecule is C[C@H](c1ccccc1)N1C[C@H](C(=O)Nc2ccc(Br)c(Cl)c2)CC1=O. The Morgan fingerprint density at radius 1 is 1.28 bits per heavy atom. The minimum absolute atomic E-state index is 0.00495. The number of likely N-dealkylation sites (tertiary alicyclic amines) is 1. The van der Waals surface area contributed by atoms with Gasteiger partial charge in [-0.1, -0.05) is 41.9 Å². The molecule has 0 radical (unpaired) electrons. The molecule has 0 spiro atoms. The molecule has 0 aliphatic carbocycles. The second-order valence-corrected chi connectivity index (χ2v) is 7.41. The normalized spacial score (nSPS) is 18.3. The van der Waals surface area contributed by atoms with Gasteiger partial charge < -0.3 is 10.2 Å². The Morgan fingerprint density at radius 2 is 2.00 bits per heavy atom. The maximum absolute atomic E-state index is 12.5. The molecule has 0 unspecified atom stereocenters. The third kappa shape index (κ3) is 4.05. The van der Waals surface area contributed by atoms with Gasteiger partial charge in [0.1, 0.15) is 0 Å². The van der Waals surface area contributed by atoms with E-state index < -0.39 is 0 Å². The van der Waals surface area contributed by atoms with E-state index in [1.807, 2.05) is 37.3 Å². The van der Waals surface area contributed by atoms with Crippen LogP contribution in [0.5, 0.6) is 0 Å². The number of anilines is 1. The molecule has 1 aliphatic heterocycles. The van der Waals surface area contributed by atoms with Crippen molar-refractivity contribution >= 4 is 45.0 Å². The molecular formula is C19H18BrClN2O2. The molecular weight excluding hydrogens is 404 g/mol. The summed E-state index contributed by atoms with van der Waals surface area (Å²) in [5, 5.41) is 3.38. The van der Waals surface area contributed by atoms with E-state index >= 15 is 0 Å². The van der Waals surface area contributed by atoms with E-state index in [1.165, 1.54) is 0 Å². The third-order valence-corrected chi connectivity index (χ3v) is 5.70. The van der Waals surface area contributed by atoms with Gasteiger partial charge in [-0.25, -0.2) is 0 Å². The predicted molar refractivity (Wildman–Crippen MR) is 102 cm³/mol. The van der Waals surface area contributed by atoms with Crippen molar-refractivity contribution in [2.45, 2.75) is 19.4 Å². The topological polar surface area (TPSA) is 49.4 Å². The number of nitrogens with zero attached hydrogens (tertiary/aromatic N) is 1. The summed E-state index contributed by atoms with van der Waals surface area (Å²) in [6, 6.07) is 15.0. The van der Waals surface area contributed by atoms with Gasteiger partial charge in [-0.05, 0) is 46.6 Å². The number of halogens is 2. The van der Waals surface area contributed by atoms with E-state index in [-0.39, 0.29) is 30.2 Å². The molecule has 1 aliphatic rings. The van der Waals surface area contributed by atoms with Gasteiger partial charge in [0.15, 0.2) is 0 Å². The number of amides is 2. The molecule has 1 fully saturated rings. The Balaban J connectivity index is 1.67. The molecule has 130 valence electrons. The molecule has 2 atom stereocenters. The highest BCUT2D eigenvalue weighted by Crippen LogP contribution is 2.30. The van der Waals surface area contributed by atoms with E-state index in [4.69, 9.17) is 11.6 Å². The molecule has 25 heavy (non-hydrogen) atoms. The molecule has 6 heteroatoms. The van der Waals surface area contributed by atoms with Crippen LogP contribution >= 0.6 is 27.5 Å². The Morgan fingerprint density at radius 3 is 2.68 bits per heavy atom. The first kappa shape index (κ1) is 18.0. The van der Waals surface area contributed by atoms with Crippen molar-refractivity contribution in [3.05, 3.63) is 63.6 Å². The van der Waals surface area contributed by atoms with Gasteiger partial charge in [0.2, 0.25) is 11.8 Å². The van der Waals surface area contributed by atoms with Crippen LogP contribution in [0.15, 0.2) is 53.0 Å². The van der Waals surface area contributed by atoms with Crippen LogP contribution in [0, 0.1) is 5.92 Å². The van der Waals surface area contributed by atoms with Crippen molar-refractivity contribution in [2.75, 3.05) is 11.9 Å². The van der Waals surface area contributed by atoms with Crippen molar-refractivity contribution < 1.29 is 9.59 Å². The number of benzene rings is 2. The summed E-state index contributed by atoms with van der Waals surface area (Å²) < 4.78 is 0.770. The van der Waals surface area contributed by atoms with Gasteiger partial charge in [0.25, 0.3) is 0 Å². The number of hydrogen-bond acceptors (Lipinski definition) is 2. The second kappa shape index (κ2) is 7.58. The fraction of sp³-hybridized carbons (Fsp3) is 0.263. The summed E-state index contributed by atoms with van der Waals surface area (Å²) >= 11 is 9.37. The first-order chi connectivity index (χ1) is 12.0. The number of carbonyl (C=O) groups excluding carboxylic acids is 2. The maximum Gasteiger partial charge on any atom is 0.229 e. The summed E-state index contributed by atoms with van der Waals surface area (Å²) in [6.07, 6.45) is 0.229. The van der Waals surface area contributed by atoms with Crippen molar-refractivity contribution in [2.24, 2.45) is 5.92 Å². The van der Waals surface area contributed by atoms with Crippen LogP contribution in [0.2, 0.25) is 5.02 Å². The van der Waals surface area contributed by atoms with Crippen molar-refractivity contribution in [1.29, 1.82) is 0 Å². The molecule has 0 saturated carbocycles. The van der Waals surface area contributed by atoms with E-state index in [0.717, 1.165) is 10.0 Å². The van der Waals surface area contributed by atoms with E-state index in [1.54, 1.807) is 23.1 Å². The van der Waals surface area contributed by atoms with E-state index in [0.29, 0.717) is 17.3 Å². The van der Waals surface area contributed by atoms with Gasteiger partial charge in [-0.2, -0.15) is 0 Å². The number of hydrogen-bond donors (Lipinski definition) is 1. The quantitative estimate of drug-likeness (QED) is 0.781. The van der Waals surface area contributed by atoms with Crippen LogP contribution in [0.1, 0.15) is 24.9 Å². The summed E-state index contributed by atoms with van der Waals surface area (Å²) in [4.78, 5) is 26.7. The highest BCUT2D eigenvalue weighted by atomic mass is 79.9. The van der Waals surface area contributed by atoms with E-state index in [2.05, 4.69) is 21.2 Å². The Labute approximate surface area is 160 Å². The van der Waals surface area contributed by atoms with Gasteiger partial charge >= 0.3 is 0 Å². The lowest BCUT2D eigenvalue weighted by Crippen LogP contribution is -2.30.